The fraction of sp³-hybridized carbons (Fsp3) is 0.500. The molecule has 0 aromatic heterocycles. The molecule has 1 saturated heterocycles. The van der Waals surface area contributed by atoms with Gasteiger partial charge in [0.25, 0.3) is 5.91 Å². The van der Waals surface area contributed by atoms with E-state index < -0.39 is 17.8 Å². The van der Waals surface area contributed by atoms with E-state index in [0.29, 0.717) is 37.2 Å². The smallest absolute Gasteiger partial charge is 0.337 e. The first kappa shape index (κ1) is 19.9. The predicted molar refractivity (Wildman–Crippen MR) is 99.4 cm³/mol. The lowest BCUT2D eigenvalue weighted by atomic mass is 9.97. The van der Waals surface area contributed by atoms with Gasteiger partial charge in [-0.2, -0.15) is 0 Å². The van der Waals surface area contributed by atoms with Crippen LogP contribution in [0.4, 0.5) is 5.69 Å². The van der Waals surface area contributed by atoms with E-state index in [9.17, 15) is 19.2 Å². The molecule has 0 spiro atoms. The minimum atomic E-state index is -0.461. The van der Waals surface area contributed by atoms with Crippen LogP contribution in [0.15, 0.2) is 24.3 Å². The summed E-state index contributed by atoms with van der Waals surface area (Å²) in [6, 6.07) is 6.20. The number of hydrogen-bond acceptors (Lipinski definition) is 6. The number of carbonyl (C=O) groups is 4. The van der Waals surface area contributed by atoms with E-state index >= 15 is 0 Å². The van der Waals surface area contributed by atoms with Crippen molar-refractivity contribution >= 4 is 29.4 Å². The third kappa shape index (κ3) is 5.09. The van der Waals surface area contributed by atoms with Gasteiger partial charge in [0.05, 0.1) is 18.6 Å². The predicted octanol–water partition coefficient (Wildman–Crippen LogP) is 1.60. The van der Waals surface area contributed by atoms with Crippen molar-refractivity contribution in [1.82, 2.24) is 4.90 Å². The zero-order valence-corrected chi connectivity index (χ0v) is 15.8. The second-order valence-corrected chi connectivity index (χ2v) is 7.10. The van der Waals surface area contributed by atoms with Crippen molar-refractivity contribution in [3.05, 3.63) is 29.8 Å². The number of rotatable bonds is 6. The van der Waals surface area contributed by atoms with Gasteiger partial charge >= 0.3 is 11.9 Å². The first-order valence-electron chi connectivity index (χ1n) is 9.41. The van der Waals surface area contributed by atoms with Gasteiger partial charge in [-0.15, -0.1) is 0 Å². The zero-order valence-electron chi connectivity index (χ0n) is 15.8. The fourth-order valence-electron chi connectivity index (χ4n) is 3.18. The number of benzene rings is 1. The number of anilines is 1. The van der Waals surface area contributed by atoms with E-state index in [1.807, 2.05) is 4.90 Å². The molecule has 1 aliphatic carbocycles. The summed E-state index contributed by atoms with van der Waals surface area (Å²) in [7, 11) is 1.29. The topological polar surface area (TPSA) is 102 Å². The molecule has 1 aromatic rings. The average Bonchev–Trinajstić information content (AvgIpc) is 3.57. The maximum atomic E-state index is 12.2. The Kier molecular flexibility index (Phi) is 6.28. The minimum absolute atomic E-state index is 0.189. The summed E-state index contributed by atoms with van der Waals surface area (Å²) in [6.07, 6.45) is 3.07. The Morgan fingerprint density at radius 3 is 2.21 bits per heavy atom. The lowest BCUT2D eigenvalue weighted by Crippen LogP contribution is -2.41. The maximum absolute atomic E-state index is 12.2. The molecule has 1 aliphatic heterocycles. The molecule has 8 nitrogen and oxygen atoms in total. The van der Waals surface area contributed by atoms with Crippen molar-refractivity contribution in [2.24, 2.45) is 11.8 Å². The number of piperidine rings is 1. The van der Waals surface area contributed by atoms with Crippen LogP contribution in [0.5, 0.6) is 0 Å². The Morgan fingerprint density at radius 2 is 1.64 bits per heavy atom. The summed E-state index contributed by atoms with van der Waals surface area (Å²) in [5, 5.41) is 2.60. The molecule has 3 rings (SSSR count). The summed E-state index contributed by atoms with van der Waals surface area (Å²) < 4.78 is 9.73. The molecule has 2 fully saturated rings. The standard InChI is InChI=1S/C20H24N2O6/c1-27-19(25)14-4-6-16(7-5-14)21-17(23)12-28-20(26)15-8-10-22(11-9-15)18(24)13-2-3-13/h4-7,13,15H,2-3,8-12H2,1H3,(H,21,23). The lowest BCUT2D eigenvalue weighted by Gasteiger charge is -2.31. The van der Waals surface area contributed by atoms with E-state index in [1.54, 1.807) is 12.1 Å². The van der Waals surface area contributed by atoms with Gasteiger partial charge in [0.15, 0.2) is 6.61 Å². The second kappa shape index (κ2) is 8.86. The molecule has 1 saturated carbocycles. The number of amides is 2. The van der Waals surface area contributed by atoms with Gasteiger partial charge in [-0.25, -0.2) is 4.79 Å². The summed E-state index contributed by atoms with van der Waals surface area (Å²) in [4.78, 5) is 49.4. The highest BCUT2D eigenvalue weighted by Crippen LogP contribution is 2.32. The largest absolute Gasteiger partial charge is 0.465 e. The molecule has 28 heavy (non-hydrogen) atoms. The SMILES string of the molecule is COC(=O)c1ccc(NC(=O)COC(=O)C2CCN(C(=O)C3CC3)CC2)cc1. The number of ether oxygens (including phenoxy) is 2. The molecule has 8 heteroatoms. The molecule has 2 amide bonds. The van der Waals surface area contributed by atoms with Crippen molar-refractivity contribution in [2.45, 2.75) is 25.7 Å². The zero-order chi connectivity index (χ0) is 20.1. The van der Waals surface area contributed by atoms with E-state index in [-0.39, 0.29) is 24.3 Å². The van der Waals surface area contributed by atoms with Crippen molar-refractivity contribution in [3.63, 3.8) is 0 Å². The number of nitrogens with one attached hydrogen (secondary N) is 1. The third-order valence-corrected chi connectivity index (χ3v) is 5.00. The van der Waals surface area contributed by atoms with E-state index in [4.69, 9.17) is 4.74 Å². The minimum Gasteiger partial charge on any atom is -0.465 e. The number of methoxy groups -OCH3 is 1. The highest BCUT2D eigenvalue weighted by molar-refractivity contribution is 5.94. The lowest BCUT2D eigenvalue weighted by molar-refractivity contribution is -0.154. The number of likely N-dealkylation sites (tertiary alicyclic amines) is 1. The maximum Gasteiger partial charge on any atom is 0.337 e. The molecule has 1 N–H and O–H groups in total. The van der Waals surface area contributed by atoms with Crippen molar-refractivity contribution in [3.8, 4) is 0 Å². The third-order valence-electron chi connectivity index (χ3n) is 5.00. The summed E-state index contributed by atoms with van der Waals surface area (Å²) >= 11 is 0. The van der Waals surface area contributed by atoms with Crippen LogP contribution in [0.3, 0.4) is 0 Å². The van der Waals surface area contributed by atoms with Crippen LogP contribution in [0.1, 0.15) is 36.0 Å². The Bertz CT molecular complexity index is 748. The van der Waals surface area contributed by atoms with Crippen molar-refractivity contribution in [1.29, 1.82) is 0 Å². The number of carbonyl (C=O) groups excluding carboxylic acids is 4. The summed E-state index contributed by atoms with van der Waals surface area (Å²) in [5.41, 5.74) is 0.860. The number of hydrogen-bond donors (Lipinski definition) is 1. The molecule has 1 aromatic carbocycles. The highest BCUT2D eigenvalue weighted by atomic mass is 16.5. The number of nitrogens with zero attached hydrogens (tertiary/aromatic N) is 1. The Labute approximate surface area is 163 Å². The molecule has 0 bridgehead atoms. The van der Waals surface area contributed by atoms with Gasteiger partial charge in [-0.3, -0.25) is 14.4 Å². The molecular formula is C20H24N2O6. The first-order valence-corrected chi connectivity index (χ1v) is 9.41. The van der Waals surface area contributed by atoms with Crippen LogP contribution in [0.25, 0.3) is 0 Å². The molecule has 1 heterocycles. The van der Waals surface area contributed by atoms with E-state index in [0.717, 1.165) is 12.8 Å². The van der Waals surface area contributed by atoms with Gasteiger partial charge in [0.1, 0.15) is 0 Å². The molecule has 2 aliphatic rings. The molecular weight excluding hydrogens is 364 g/mol. The van der Waals surface area contributed by atoms with Crippen LogP contribution < -0.4 is 5.32 Å². The van der Waals surface area contributed by atoms with Crippen LogP contribution in [0.2, 0.25) is 0 Å². The van der Waals surface area contributed by atoms with Crippen molar-refractivity contribution < 1.29 is 28.7 Å². The monoisotopic (exact) mass is 388 g/mol. The molecule has 0 radical (unpaired) electrons. The number of esters is 2. The first-order chi connectivity index (χ1) is 13.5. The van der Waals surface area contributed by atoms with Gasteiger partial charge < -0.3 is 19.7 Å². The van der Waals surface area contributed by atoms with Gasteiger partial charge in [0.2, 0.25) is 5.91 Å². The van der Waals surface area contributed by atoms with Crippen LogP contribution in [0, 0.1) is 11.8 Å². The summed E-state index contributed by atoms with van der Waals surface area (Å²) in [6.45, 7) is 0.750. The van der Waals surface area contributed by atoms with Crippen molar-refractivity contribution in [2.75, 3.05) is 32.1 Å². The quantitative estimate of drug-likeness (QED) is 0.743. The van der Waals surface area contributed by atoms with Crippen LogP contribution in [-0.2, 0) is 23.9 Å². The van der Waals surface area contributed by atoms with E-state index in [1.165, 1.54) is 19.2 Å². The highest BCUT2D eigenvalue weighted by Gasteiger charge is 2.36. The summed E-state index contributed by atoms with van der Waals surface area (Å²) in [5.74, 6) is -1.22. The molecule has 0 unspecified atom stereocenters. The van der Waals surface area contributed by atoms with E-state index in [2.05, 4.69) is 10.1 Å². The molecule has 150 valence electrons. The van der Waals surface area contributed by atoms with Gasteiger partial charge in [0, 0.05) is 24.7 Å². The Morgan fingerprint density at radius 1 is 1.00 bits per heavy atom. The van der Waals surface area contributed by atoms with Crippen LogP contribution in [-0.4, -0.2) is 55.5 Å². The molecule has 0 atom stereocenters. The van der Waals surface area contributed by atoms with Gasteiger partial charge in [-0.05, 0) is 49.9 Å². The van der Waals surface area contributed by atoms with Gasteiger partial charge in [-0.1, -0.05) is 0 Å². The Hall–Kier alpha value is -2.90. The fourth-order valence-corrected chi connectivity index (χ4v) is 3.18. The normalized spacial score (nSPS) is 17.0. The second-order valence-electron chi connectivity index (χ2n) is 7.10. The van der Waals surface area contributed by atoms with Crippen LogP contribution >= 0.6 is 0 Å². The Balaban J connectivity index is 1.39. The average molecular weight is 388 g/mol.